The molecule has 0 aliphatic carbocycles. The molecule has 1 N–H and O–H groups in total. The highest BCUT2D eigenvalue weighted by Crippen LogP contribution is 2.44. The van der Waals surface area contributed by atoms with Crippen LogP contribution in [0.1, 0.15) is 47.6 Å². The first-order valence-corrected chi connectivity index (χ1v) is 12.0. The van der Waals surface area contributed by atoms with Crippen LogP contribution in [0, 0.1) is 6.92 Å². The second-order valence-electron chi connectivity index (χ2n) is 8.93. The van der Waals surface area contributed by atoms with E-state index in [9.17, 15) is 9.90 Å². The smallest absolute Gasteiger partial charge is 0.320 e. The van der Waals surface area contributed by atoms with Crippen molar-refractivity contribution < 1.29 is 24.1 Å². The number of carbonyl (C=O) groups is 1. The number of likely N-dealkylation sites (tertiary alicyclic amines) is 1. The molecule has 1 heterocycles. The highest BCUT2D eigenvalue weighted by molar-refractivity contribution is 5.74. The van der Waals surface area contributed by atoms with E-state index >= 15 is 0 Å². The van der Waals surface area contributed by atoms with Crippen LogP contribution in [0.5, 0.6) is 17.2 Å². The molecule has 3 aromatic carbocycles. The molecule has 0 radical (unpaired) electrons. The molecule has 1 aliphatic rings. The lowest BCUT2D eigenvalue weighted by molar-refractivity contribution is -0.145. The Labute approximate surface area is 207 Å². The third kappa shape index (κ3) is 5.60. The van der Waals surface area contributed by atoms with Gasteiger partial charge in [0.1, 0.15) is 12.6 Å². The fourth-order valence-electron chi connectivity index (χ4n) is 4.87. The number of benzene rings is 3. The van der Waals surface area contributed by atoms with E-state index in [2.05, 4.69) is 17.0 Å². The van der Waals surface area contributed by atoms with Gasteiger partial charge in [0.2, 0.25) is 5.75 Å². The number of aliphatic carboxylic acids is 1. The fraction of sp³-hybridized carbons (Fsp3) is 0.345. The number of ether oxygens (including phenoxy) is 3. The molecule has 4 rings (SSSR count). The molecule has 1 saturated heterocycles. The van der Waals surface area contributed by atoms with Crippen LogP contribution in [0.2, 0.25) is 0 Å². The van der Waals surface area contributed by atoms with E-state index in [1.165, 1.54) is 0 Å². The number of aryl methyl sites for hydroxylation is 1. The van der Waals surface area contributed by atoms with Gasteiger partial charge in [-0.1, -0.05) is 66.6 Å². The van der Waals surface area contributed by atoms with E-state index in [1.807, 2.05) is 61.5 Å². The van der Waals surface area contributed by atoms with Crippen molar-refractivity contribution >= 4 is 5.97 Å². The molecule has 0 aromatic heterocycles. The summed E-state index contributed by atoms with van der Waals surface area (Å²) in [7, 11) is 3.22. The van der Waals surface area contributed by atoms with E-state index in [4.69, 9.17) is 14.2 Å². The van der Waals surface area contributed by atoms with Crippen molar-refractivity contribution in [3.05, 3.63) is 89.0 Å². The van der Waals surface area contributed by atoms with Crippen molar-refractivity contribution in [3.8, 4) is 17.2 Å². The Morgan fingerprint density at radius 3 is 2.31 bits per heavy atom. The summed E-state index contributed by atoms with van der Waals surface area (Å²) in [6.45, 7) is 3.13. The van der Waals surface area contributed by atoms with Gasteiger partial charge in [-0.2, -0.15) is 0 Å². The Hall–Kier alpha value is -3.51. The van der Waals surface area contributed by atoms with E-state index in [0.717, 1.165) is 35.1 Å². The van der Waals surface area contributed by atoms with Crippen LogP contribution < -0.4 is 14.2 Å². The number of carboxylic acid groups (broad SMARTS) is 1. The largest absolute Gasteiger partial charge is 0.493 e. The van der Waals surface area contributed by atoms with Crippen molar-refractivity contribution in [1.82, 2.24) is 4.90 Å². The van der Waals surface area contributed by atoms with E-state index in [-0.39, 0.29) is 6.04 Å². The first-order valence-electron chi connectivity index (χ1n) is 12.0. The highest BCUT2D eigenvalue weighted by atomic mass is 16.5. The van der Waals surface area contributed by atoms with Crippen LogP contribution in [0.15, 0.2) is 66.7 Å². The molecule has 0 amide bonds. The maximum atomic E-state index is 12.2. The van der Waals surface area contributed by atoms with Gasteiger partial charge in [0.25, 0.3) is 0 Å². The maximum absolute atomic E-state index is 12.2. The molecule has 184 valence electrons. The van der Waals surface area contributed by atoms with Crippen molar-refractivity contribution in [3.63, 3.8) is 0 Å². The Bertz CT molecular complexity index is 1120. The molecule has 2 atom stereocenters. The van der Waals surface area contributed by atoms with Crippen LogP contribution in [0.3, 0.4) is 0 Å². The lowest BCUT2D eigenvalue weighted by atomic mass is 9.90. The zero-order chi connectivity index (χ0) is 24.8. The van der Waals surface area contributed by atoms with E-state index < -0.39 is 12.0 Å². The van der Waals surface area contributed by atoms with Crippen LogP contribution >= 0.6 is 0 Å². The third-order valence-electron chi connectivity index (χ3n) is 6.54. The van der Waals surface area contributed by atoms with E-state index in [1.54, 1.807) is 14.2 Å². The van der Waals surface area contributed by atoms with Crippen molar-refractivity contribution in [1.29, 1.82) is 0 Å². The number of rotatable bonds is 9. The lowest BCUT2D eigenvalue weighted by Crippen LogP contribution is -2.46. The SMILES string of the molecule is COc1cc(C(c2cccc(C)c2)N2CCCCC2C(=O)O)cc(OC)c1OCc1ccccc1. The minimum Gasteiger partial charge on any atom is -0.493 e. The quantitative estimate of drug-likeness (QED) is 0.433. The molecular formula is C29H33NO5. The van der Waals surface area contributed by atoms with Gasteiger partial charge in [-0.15, -0.1) is 0 Å². The molecule has 6 heteroatoms. The Balaban J connectivity index is 1.78. The van der Waals surface area contributed by atoms with Gasteiger partial charge in [-0.25, -0.2) is 0 Å². The summed E-state index contributed by atoms with van der Waals surface area (Å²) < 4.78 is 17.6. The molecule has 1 aliphatic heterocycles. The number of carboxylic acids is 1. The molecule has 3 aromatic rings. The standard InChI is InChI=1S/C29H33NO5/c1-20-10-9-13-22(16-20)27(30-15-8-7-14-24(30)29(31)32)23-17-25(33-2)28(26(18-23)34-3)35-19-21-11-5-4-6-12-21/h4-6,9-13,16-18,24,27H,7-8,14-15,19H2,1-3H3,(H,31,32). The number of piperidine rings is 1. The van der Waals surface area contributed by atoms with Crippen LogP contribution in [-0.4, -0.2) is 42.8 Å². The van der Waals surface area contributed by atoms with Crippen LogP contribution in [-0.2, 0) is 11.4 Å². The van der Waals surface area contributed by atoms with Gasteiger partial charge >= 0.3 is 5.97 Å². The minimum absolute atomic E-state index is 0.262. The zero-order valence-electron chi connectivity index (χ0n) is 20.6. The number of hydrogen-bond acceptors (Lipinski definition) is 5. The summed E-state index contributed by atoms with van der Waals surface area (Å²) in [5.41, 5.74) is 4.11. The van der Waals surface area contributed by atoms with Gasteiger partial charge in [-0.05, 0) is 55.1 Å². The molecule has 0 bridgehead atoms. The van der Waals surface area contributed by atoms with Gasteiger partial charge in [-0.3, -0.25) is 9.69 Å². The Morgan fingerprint density at radius 2 is 1.69 bits per heavy atom. The summed E-state index contributed by atoms with van der Waals surface area (Å²) >= 11 is 0. The average Bonchev–Trinajstić information content (AvgIpc) is 2.88. The van der Waals surface area contributed by atoms with Gasteiger partial charge < -0.3 is 19.3 Å². The molecular weight excluding hydrogens is 442 g/mol. The third-order valence-corrected chi connectivity index (χ3v) is 6.54. The summed E-state index contributed by atoms with van der Waals surface area (Å²) in [4.78, 5) is 14.3. The van der Waals surface area contributed by atoms with Gasteiger partial charge in [0.15, 0.2) is 11.5 Å². The molecule has 1 fully saturated rings. The second kappa shape index (κ2) is 11.3. The molecule has 6 nitrogen and oxygen atoms in total. The van der Waals surface area contributed by atoms with Gasteiger partial charge in [0, 0.05) is 0 Å². The normalized spacial score (nSPS) is 16.9. The fourth-order valence-corrected chi connectivity index (χ4v) is 4.87. The first kappa shape index (κ1) is 24.6. The predicted molar refractivity (Wildman–Crippen MR) is 135 cm³/mol. The number of hydrogen-bond donors (Lipinski definition) is 1. The first-order chi connectivity index (χ1) is 17.0. The van der Waals surface area contributed by atoms with Crippen molar-refractivity contribution in [2.75, 3.05) is 20.8 Å². The van der Waals surface area contributed by atoms with E-state index in [0.29, 0.717) is 36.8 Å². The summed E-state index contributed by atoms with van der Waals surface area (Å²) in [5.74, 6) is 0.844. The molecule has 0 spiro atoms. The predicted octanol–water partition coefficient (Wildman–Crippen LogP) is 5.62. The average molecular weight is 476 g/mol. The second-order valence-corrected chi connectivity index (χ2v) is 8.93. The topological polar surface area (TPSA) is 68.2 Å². The van der Waals surface area contributed by atoms with Gasteiger partial charge in [0.05, 0.1) is 20.3 Å². The number of nitrogens with zero attached hydrogens (tertiary/aromatic N) is 1. The van der Waals surface area contributed by atoms with Crippen molar-refractivity contribution in [2.24, 2.45) is 0 Å². The Morgan fingerprint density at radius 1 is 0.971 bits per heavy atom. The maximum Gasteiger partial charge on any atom is 0.320 e. The molecule has 35 heavy (non-hydrogen) atoms. The monoisotopic (exact) mass is 475 g/mol. The summed E-state index contributed by atoms with van der Waals surface area (Å²) in [6.07, 6.45) is 2.50. The lowest BCUT2D eigenvalue weighted by Gasteiger charge is -2.40. The van der Waals surface area contributed by atoms with Crippen LogP contribution in [0.4, 0.5) is 0 Å². The van der Waals surface area contributed by atoms with Crippen molar-refractivity contribution in [2.45, 2.75) is 44.9 Å². The molecule has 0 saturated carbocycles. The van der Waals surface area contributed by atoms with Crippen LogP contribution in [0.25, 0.3) is 0 Å². The number of methoxy groups -OCH3 is 2. The minimum atomic E-state index is -0.788. The highest BCUT2D eigenvalue weighted by Gasteiger charge is 2.36. The zero-order valence-corrected chi connectivity index (χ0v) is 20.6. The summed E-state index contributed by atoms with van der Waals surface area (Å²) in [5, 5.41) is 10.0. The summed E-state index contributed by atoms with van der Waals surface area (Å²) in [6, 6.07) is 21.2. The Kier molecular flexibility index (Phi) is 7.93. The molecule has 2 unspecified atom stereocenters.